The molecule has 2 unspecified atom stereocenters. The Hall–Kier alpha value is -0.910. The molecule has 1 fully saturated rings. The lowest BCUT2D eigenvalue weighted by atomic mass is 9.95. The molecule has 1 aliphatic carbocycles. The van der Waals surface area contributed by atoms with Gasteiger partial charge >= 0.3 is 5.97 Å². The van der Waals surface area contributed by atoms with Crippen LogP contribution in [-0.2, 0) is 9.53 Å². The number of guanidine groups is 1. The third kappa shape index (κ3) is 7.92. The van der Waals surface area contributed by atoms with Crippen molar-refractivity contribution in [3.8, 4) is 0 Å². The van der Waals surface area contributed by atoms with Gasteiger partial charge < -0.3 is 15.4 Å². The van der Waals surface area contributed by atoms with Crippen molar-refractivity contribution in [2.24, 2.45) is 4.99 Å². The zero-order valence-electron chi connectivity index (χ0n) is 14.6. The number of aliphatic imine (C=N–C) groups is 1. The minimum atomic E-state index is -0.465. The SMILES string of the molecule is CCNC(=NCC(=O)OC(C)(C)C)NC1CCCC(SC)C1. The van der Waals surface area contributed by atoms with E-state index in [1.165, 1.54) is 12.8 Å². The predicted octanol–water partition coefficient (Wildman–Crippen LogP) is 2.56. The molecule has 0 bridgehead atoms. The summed E-state index contributed by atoms with van der Waals surface area (Å²) in [5, 5.41) is 7.38. The van der Waals surface area contributed by atoms with E-state index in [1.54, 1.807) is 0 Å². The van der Waals surface area contributed by atoms with Gasteiger partial charge in [-0.1, -0.05) is 6.42 Å². The second-order valence-electron chi connectivity index (χ2n) is 6.65. The first kappa shape index (κ1) is 19.1. The van der Waals surface area contributed by atoms with Crippen LogP contribution in [0.1, 0.15) is 53.4 Å². The molecule has 22 heavy (non-hydrogen) atoms. The molecule has 1 rings (SSSR count). The van der Waals surface area contributed by atoms with E-state index in [4.69, 9.17) is 4.74 Å². The minimum Gasteiger partial charge on any atom is -0.459 e. The Bertz CT molecular complexity index is 380. The van der Waals surface area contributed by atoms with Gasteiger partial charge in [0.1, 0.15) is 12.1 Å². The smallest absolute Gasteiger partial charge is 0.328 e. The van der Waals surface area contributed by atoms with Gasteiger partial charge in [0.05, 0.1) is 0 Å². The first-order valence-corrected chi connectivity index (χ1v) is 9.42. The highest BCUT2D eigenvalue weighted by Gasteiger charge is 2.22. The van der Waals surface area contributed by atoms with Crippen LogP contribution in [-0.4, -0.2) is 48.2 Å². The summed E-state index contributed by atoms with van der Waals surface area (Å²) in [5.41, 5.74) is -0.465. The van der Waals surface area contributed by atoms with Gasteiger partial charge in [0.15, 0.2) is 5.96 Å². The van der Waals surface area contributed by atoms with Crippen LogP contribution in [0, 0.1) is 0 Å². The third-order valence-electron chi connectivity index (χ3n) is 3.43. The van der Waals surface area contributed by atoms with E-state index in [1.807, 2.05) is 39.5 Å². The number of rotatable bonds is 5. The number of hydrogen-bond donors (Lipinski definition) is 2. The topological polar surface area (TPSA) is 62.7 Å². The normalized spacial score (nSPS) is 23.0. The molecular weight excluding hydrogens is 298 g/mol. The van der Waals surface area contributed by atoms with E-state index in [0.29, 0.717) is 12.0 Å². The van der Waals surface area contributed by atoms with E-state index in [2.05, 4.69) is 21.9 Å². The first-order valence-electron chi connectivity index (χ1n) is 8.13. The number of nitrogens with zero attached hydrogens (tertiary/aromatic N) is 1. The lowest BCUT2D eigenvalue weighted by Crippen LogP contribution is -2.46. The molecule has 5 nitrogen and oxygen atoms in total. The Morgan fingerprint density at radius 2 is 2.09 bits per heavy atom. The number of carbonyl (C=O) groups excluding carboxylic acids is 1. The van der Waals surface area contributed by atoms with Crippen molar-refractivity contribution in [3.63, 3.8) is 0 Å². The molecule has 1 saturated carbocycles. The van der Waals surface area contributed by atoms with E-state index in [9.17, 15) is 4.79 Å². The van der Waals surface area contributed by atoms with Crippen LogP contribution < -0.4 is 10.6 Å². The zero-order valence-corrected chi connectivity index (χ0v) is 15.4. The van der Waals surface area contributed by atoms with Gasteiger partial charge in [-0.15, -0.1) is 0 Å². The van der Waals surface area contributed by atoms with E-state index in [-0.39, 0.29) is 12.5 Å². The predicted molar refractivity (Wildman–Crippen MR) is 94.5 cm³/mol. The highest BCUT2D eigenvalue weighted by atomic mass is 32.2. The second kappa shape index (κ2) is 9.28. The number of thioether (sulfide) groups is 1. The van der Waals surface area contributed by atoms with Crippen molar-refractivity contribution in [1.29, 1.82) is 0 Å². The molecule has 0 heterocycles. The molecule has 2 atom stereocenters. The van der Waals surface area contributed by atoms with Crippen molar-refractivity contribution in [1.82, 2.24) is 10.6 Å². The maximum Gasteiger partial charge on any atom is 0.328 e. The fraction of sp³-hybridized carbons (Fsp3) is 0.875. The molecule has 0 aromatic carbocycles. The summed E-state index contributed by atoms with van der Waals surface area (Å²) >= 11 is 1.94. The van der Waals surface area contributed by atoms with E-state index >= 15 is 0 Å². The summed E-state index contributed by atoms with van der Waals surface area (Å²) in [7, 11) is 0. The van der Waals surface area contributed by atoms with Crippen molar-refractivity contribution >= 4 is 23.7 Å². The van der Waals surface area contributed by atoms with Gasteiger partial charge in [-0.05, 0) is 53.2 Å². The average molecular weight is 330 g/mol. The first-order chi connectivity index (χ1) is 10.3. The molecule has 0 spiro atoms. The minimum absolute atomic E-state index is 0.0469. The Balaban J connectivity index is 2.53. The van der Waals surface area contributed by atoms with Gasteiger partial charge in [-0.2, -0.15) is 11.8 Å². The van der Waals surface area contributed by atoms with Crippen molar-refractivity contribution in [2.45, 2.75) is 70.3 Å². The van der Waals surface area contributed by atoms with Crippen molar-refractivity contribution < 1.29 is 9.53 Å². The summed E-state index contributed by atoms with van der Waals surface area (Å²) in [4.78, 5) is 16.1. The quantitative estimate of drug-likeness (QED) is 0.461. The highest BCUT2D eigenvalue weighted by Crippen LogP contribution is 2.26. The Kier molecular flexibility index (Phi) is 8.07. The number of esters is 1. The molecule has 0 radical (unpaired) electrons. The van der Waals surface area contributed by atoms with Crippen LogP contribution in [0.2, 0.25) is 0 Å². The molecule has 128 valence electrons. The second-order valence-corrected chi connectivity index (χ2v) is 7.79. The number of carbonyl (C=O) groups is 1. The van der Waals surface area contributed by atoms with Crippen LogP contribution in [0.5, 0.6) is 0 Å². The zero-order chi connectivity index (χ0) is 16.6. The van der Waals surface area contributed by atoms with Crippen molar-refractivity contribution in [3.05, 3.63) is 0 Å². The maximum absolute atomic E-state index is 11.8. The maximum atomic E-state index is 11.8. The van der Waals surface area contributed by atoms with Crippen molar-refractivity contribution in [2.75, 3.05) is 19.3 Å². The van der Waals surface area contributed by atoms with Gasteiger partial charge in [-0.3, -0.25) is 4.79 Å². The summed E-state index contributed by atoms with van der Waals surface area (Å²) in [6, 6.07) is 0.433. The Labute approximate surface area is 139 Å². The number of nitrogens with one attached hydrogen (secondary N) is 2. The van der Waals surface area contributed by atoms with Crippen LogP contribution in [0.4, 0.5) is 0 Å². The van der Waals surface area contributed by atoms with Crippen LogP contribution in [0.15, 0.2) is 4.99 Å². The summed E-state index contributed by atoms with van der Waals surface area (Å²) < 4.78 is 5.29. The molecule has 0 saturated heterocycles. The summed E-state index contributed by atoms with van der Waals surface area (Å²) in [5.74, 6) is 0.412. The molecule has 6 heteroatoms. The van der Waals surface area contributed by atoms with E-state index in [0.717, 1.165) is 24.6 Å². The molecular formula is C16H31N3O2S. The molecule has 0 aliphatic heterocycles. The van der Waals surface area contributed by atoms with Gasteiger partial charge in [0, 0.05) is 17.8 Å². The number of hydrogen-bond acceptors (Lipinski definition) is 4. The fourth-order valence-corrected chi connectivity index (χ4v) is 3.35. The highest BCUT2D eigenvalue weighted by molar-refractivity contribution is 7.99. The van der Waals surface area contributed by atoms with Gasteiger partial charge in [-0.25, -0.2) is 4.99 Å². The van der Waals surface area contributed by atoms with Gasteiger partial charge in [0.25, 0.3) is 0 Å². The molecule has 2 N–H and O–H groups in total. The lowest BCUT2D eigenvalue weighted by Gasteiger charge is -2.29. The molecule has 0 amide bonds. The van der Waals surface area contributed by atoms with Crippen LogP contribution >= 0.6 is 11.8 Å². The molecule has 1 aliphatic rings. The lowest BCUT2D eigenvalue weighted by molar-refractivity contribution is -0.152. The largest absolute Gasteiger partial charge is 0.459 e. The third-order valence-corrected chi connectivity index (χ3v) is 4.53. The van der Waals surface area contributed by atoms with E-state index < -0.39 is 5.60 Å². The fourth-order valence-electron chi connectivity index (χ4n) is 2.52. The van der Waals surface area contributed by atoms with Gasteiger partial charge in [0.2, 0.25) is 0 Å². The average Bonchev–Trinajstić information content (AvgIpc) is 2.43. The monoisotopic (exact) mass is 329 g/mol. The number of ether oxygens (including phenoxy) is 1. The Morgan fingerprint density at radius 3 is 2.68 bits per heavy atom. The standard InChI is InChI=1S/C16H31N3O2S/c1-6-17-15(18-11-14(20)21-16(2,3)4)19-12-8-7-9-13(10-12)22-5/h12-13H,6-11H2,1-5H3,(H2,17,18,19). The Morgan fingerprint density at radius 1 is 1.36 bits per heavy atom. The molecule has 0 aromatic heterocycles. The van der Waals surface area contributed by atoms with Crippen LogP contribution in [0.3, 0.4) is 0 Å². The summed E-state index contributed by atoms with van der Waals surface area (Å²) in [6.07, 6.45) is 7.03. The van der Waals surface area contributed by atoms with Crippen LogP contribution in [0.25, 0.3) is 0 Å². The summed E-state index contributed by atoms with van der Waals surface area (Å²) in [6.45, 7) is 8.44. The molecule has 0 aromatic rings.